The lowest BCUT2D eigenvalue weighted by atomic mass is 9.54. The van der Waals surface area contributed by atoms with Gasteiger partial charge in [0.2, 0.25) is 0 Å². The van der Waals surface area contributed by atoms with E-state index in [0.29, 0.717) is 24.0 Å². The van der Waals surface area contributed by atoms with Crippen LogP contribution in [0.1, 0.15) is 24.0 Å². The van der Waals surface area contributed by atoms with Gasteiger partial charge in [-0.15, -0.1) is 0 Å². The van der Waals surface area contributed by atoms with Gasteiger partial charge in [0.1, 0.15) is 0 Å². The molecule has 3 aliphatic rings. The largest absolute Gasteiger partial charge is 0.504 e. The van der Waals surface area contributed by atoms with Crippen LogP contribution in [0.25, 0.3) is 0 Å². The van der Waals surface area contributed by atoms with E-state index in [1.54, 1.807) is 14.2 Å². The summed E-state index contributed by atoms with van der Waals surface area (Å²) in [6, 6.07) is 4.18. The molecule has 0 amide bonds. The topological polar surface area (TPSA) is 59.0 Å². The third-order valence-electron chi connectivity index (χ3n) is 6.20. The SMILES string of the molecule is COC1=C[C@@]23CCN(C)[C@@H](Cc4ccc(OC)c(O)c42)[C@@H]3CC1=O. The summed E-state index contributed by atoms with van der Waals surface area (Å²) in [5, 5.41) is 10.9. The van der Waals surface area contributed by atoms with Crippen molar-refractivity contribution in [2.24, 2.45) is 5.92 Å². The number of phenolic OH excluding ortho intramolecular Hbond substituents is 1. The number of ketones is 1. The Bertz CT molecular complexity index is 741. The third-order valence-corrected chi connectivity index (χ3v) is 6.20. The quantitative estimate of drug-likeness (QED) is 0.899. The zero-order valence-corrected chi connectivity index (χ0v) is 14.3. The lowest BCUT2D eigenvalue weighted by Gasteiger charge is -2.56. The van der Waals surface area contributed by atoms with Crippen molar-refractivity contribution in [3.8, 4) is 11.5 Å². The summed E-state index contributed by atoms with van der Waals surface area (Å²) >= 11 is 0. The Balaban J connectivity index is 2.00. The Morgan fingerprint density at radius 2 is 2.04 bits per heavy atom. The highest BCUT2D eigenvalue weighted by molar-refractivity contribution is 5.95. The average molecular weight is 329 g/mol. The van der Waals surface area contributed by atoms with Crippen LogP contribution in [0.4, 0.5) is 0 Å². The average Bonchev–Trinajstić information content (AvgIpc) is 2.58. The first-order valence-corrected chi connectivity index (χ1v) is 8.41. The number of phenols is 1. The maximum Gasteiger partial charge on any atom is 0.197 e. The third kappa shape index (κ3) is 1.88. The van der Waals surface area contributed by atoms with Crippen LogP contribution in [0.15, 0.2) is 24.0 Å². The number of methoxy groups -OCH3 is 2. The van der Waals surface area contributed by atoms with E-state index in [1.165, 1.54) is 0 Å². The van der Waals surface area contributed by atoms with Gasteiger partial charge in [0.05, 0.1) is 14.2 Å². The molecule has 4 rings (SSSR count). The van der Waals surface area contributed by atoms with Gasteiger partial charge in [-0.25, -0.2) is 0 Å². The van der Waals surface area contributed by atoms with Crippen molar-refractivity contribution < 1.29 is 19.4 Å². The molecule has 1 aliphatic heterocycles. The van der Waals surface area contributed by atoms with Crippen molar-refractivity contribution in [3.63, 3.8) is 0 Å². The molecule has 0 saturated carbocycles. The Kier molecular flexibility index (Phi) is 3.39. The maximum atomic E-state index is 12.4. The van der Waals surface area contributed by atoms with Gasteiger partial charge in [-0.3, -0.25) is 4.79 Å². The second-order valence-electron chi connectivity index (χ2n) is 7.14. The molecule has 128 valence electrons. The van der Waals surface area contributed by atoms with Crippen LogP contribution in [-0.2, 0) is 21.4 Å². The first kappa shape index (κ1) is 15.5. The van der Waals surface area contributed by atoms with E-state index in [4.69, 9.17) is 9.47 Å². The Morgan fingerprint density at radius 1 is 1.25 bits per heavy atom. The first-order valence-electron chi connectivity index (χ1n) is 8.41. The summed E-state index contributed by atoms with van der Waals surface area (Å²) in [5.74, 6) is 1.34. The van der Waals surface area contributed by atoms with E-state index in [9.17, 15) is 9.90 Å². The minimum Gasteiger partial charge on any atom is -0.504 e. The molecule has 1 saturated heterocycles. The number of piperidine rings is 1. The number of ether oxygens (including phenoxy) is 2. The molecule has 5 heteroatoms. The molecular weight excluding hydrogens is 306 g/mol. The molecule has 1 N–H and O–H groups in total. The summed E-state index contributed by atoms with van der Waals surface area (Å²) in [7, 11) is 5.24. The number of carbonyl (C=O) groups excluding carboxylic acids is 1. The second-order valence-corrected chi connectivity index (χ2v) is 7.14. The fraction of sp³-hybridized carbons (Fsp3) is 0.526. The van der Waals surface area contributed by atoms with Gasteiger partial charge in [0.15, 0.2) is 23.0 Å². The summed E-state index contributed by atoms with van der Waals surface area (Å²) in [5.41, 5.74) is 1.71. The fourth-order valence-electron chi connectivity index (χ4n) is 5.02. The predicted molar refractivity (Wildman–Crippen MR) is 89.3 cm³/mol. The number of likely N-dealkylation sites (tertiary alicyclic amines) is 1. The van der Waals surface area contributed by atoms with Crippen LogP contribution in [0.2, 0.25) is 0 Å². The highest BCUT2D eigenvalue weighted by atomic mass is 16.5. The Hall–Kier alpha value is -2.01. The molecule has 1 heterocycles. The van der Waals surface area contributed by atoms with E-state index in [2.05, 4.69) is 18.0 Å². The number of likely N-dealkylation sites (N-methyl/N-ethyl adjacent to an activating group) is 1. The smallest absolute Gasteiger partial charge is 0.197 e. The van der Waals surface area contributed by atoms with Crippen LogP contribution in [0, 0.1) is 5.92 Å². The zero-order valence-electron chi connectivity index (χ0n) is 14.3. The number of fused-ring (bicyclic) bond motifs is 1. The number of Topliss-reactive ketones (excluding diaryl/α,β-unsaturated/α-hetero) is 1. The van der Waals surface area contributed by atoms with E-state index in [0.717, 1.165) is 30.5 Å². The number of hydrogen-bond donors (Lipinski definition) is 1. The monoisotopic (exact) mass is 329 g/mol. The fourth-order valence-corrected chi connectivity index (χ4v) is 5.02. The highest BCUT2D eigenvalue weighted by Crippen LogP contribution is 2.57. The minimum atomic E-state index is -0.358. The second kappa shape index (κ2) is 5.24. The van der Waals surface area contributed by atoms with Crippen LogP contribution in [0.5, 0.6) is 11.5 Å². The number of benzene rings is 1. The van der Waals surface area contributed by atoms with Gasteiger partial charge in [-0.1, -0.05) is 6.07 Å². The summed E-state index contributed by atoms with van der Waals surface area (Å²) in [6.07, 6.45) is 4.14. The van der Waals surface area contributed by atoms with Crippen molar-refractivity contribution in [3.05, 3.63) is 35.1 Å². The summed E-state index contributed by atoms with van der Waals surface area (Å²) < 4.78 is 10.7. The van der Waals surface area contributed by atoms with Crippen LogP contribution in [-0.4, -0.2) is 49.6 Å². The molecule has 3 atom stereocenters. The minimum absolute atomic E-state index is 0.0595. The molecule has 5 nitrogen and oxygen atoms in total. The normalized spacial score (nSPS) is 31.8. The predicted octanol–water partition coefficient (Wildman–Crippen LogP) is 2.02. The lowest BCUT2D eigenvalue weighted by Crippen LogP contribution is -2.60. The Labute approximate surface area is 141 Å². The van der Waals surface area contributed by atoms with Gasteiger partial charge in [0.25, 0.3) is 0 Å². The molecule has 1 aromatic carbocycles. The van der Waals surface area contributed by atoms with Crippen molar-refractivity contribution in [1.82, 2.24) is 4.90 Å². The van der Waals surface area contributed by atoms with Crippen molar-refractivity contribution in [2.75, 3.05) is 27.8 Å². The van der Waals surface area contributed by atoms with Crippen LogP contribution in [0.3, 0.4) is 0 Å². The number of carbonyl (C=O) groups is 1. The molecule has 2 bridgehead atoms. The Morgan fingerprint density at radius 3 is 2.75 bits per heavy atom. The molecule has 0 spiro atoms. The first-order chi connectivity index (χ1) is 11.5. The van der Waals surface area contributed by atoms with Crippen molar-refractivity contribution >= 4 is 5.78 Å². The van der Waals surface area contributed by atoms with Crippen LogP contribution < -0.4 is 4.74 Å². The molecule has 2 aliphatic carbocycles. The number of hydrogen-bond acceptors (Lipinski definition) is 5. The van der Waals surface area contributed by atoms with Crippen molar-refractivity contribution in [1.29, 1.82) is 0 Å². The van der Waals surface area contributed by atoms with E-state index in [1.807, 2.05) is 12.1 Å². The van der Waals surface area contributed by atoms with Gasteiger partial charge >= 0.3 is 0 Å². The number of allylic oxidation sites excluding steroid dienone is 2. The molecule has 0 aromatic heterocycles. The van der Waals surface area contributed by atoms with Gasteiger partial charge in [-0.2, -0.15) is 0 Å². The number of aromatic hydroxyl groups is 1. The standard InChI is InChI=1S/C19H23NO4/c1-20-7-6-19-10-16(24-3)14(21)9-12(19)13(20)8-11-4-5-15(23-2)18(22)17(11)19/h4-5,10,12-13,22H,6-9H2,1-3H3/t12-,13-,19+/m0/s1. The van der Waals surface area contributed by atoms with E-state index < -0.39 is 0 Å². The van der Waals surface area contributed by atoms with E-state index in [-0.39, 0.29) is 22.9 Å². The van der Waals surface area contributed by atoms with Crippen molar-refractivity contribution in [2.45, 2.75) is 30.7 Å². The molecule has 0 unspecified atom stereocenters. The lowest BCUT2D eigenvalue weighted by molar-refractivity contribution is -0.122. The number of nitrogens with zero attached hydrogens (tertiary/aromatic N) is 1. The van der Waals surface area contributed by atoms with Crippen LogP contribution >= 0.6 is 0 Å². The van der Waals surface area contributed by atoms with E-state index >= 15 is 0 Å². The molecule has 1 aromatic rings. The highest BCUT2D eigenvalue weighted by Gasteiger charge is 2.56. The van der Waals surface area contributed by atoms with Gasteiger partial charge in [0, 0.05) is 23.4 Å². The summed E-state index contributed by atoms with van der Waals surface area (Å²) in [4.78, 5) is 14.8. The van der Waals surface area contributed by atoms with Gasteiger partial charge in [-0.05, 0) is 50.1 Å². The molecule has 24 heavy (non-hydrogen) atoms. The molecular formula is C19H23NO4. The maximum absolute atomic E-state index is 12.4. The summed E-state index contributed by atoms with van der Waals surface area (Å²) in [6.45, 7) is 0.930. The van der Waals surface area contributed by atoms with Gasteiger partial charge < -0.3 is 19.5 Å². The zero-order chi connectivity index (χ0) is 17.1. The number of rotatable bonds is 2. The molecule has 1 fully saturated rings. The molecule has 0 radical (unpaired) electrons.